The van der Waals surface area contributed by atoms with Gasteiger partial charge < -0.3 is 20.2 Å². The minimum Gasteiger partial charge on any atom is -0.379 e. The van der Waals surface area contributed by atoms with Crippen molar-refractivity contribution in [3.05, 3.63) is 0 Å². The van der Waals surface area contributed by atoms with E-state index in [0.717, 1.165) is 12.9 Å². The van der Waals surface area contributed by atoms with Crippen molar-refractivity contribution >= 4 is 12.2 Å². The molecular formula is C16H32N2O3. The van der Waals surface area contributed by atoms with Crippen LogP contribution >= 0.6 is 0 Å². The number of hydrogen-bond acceptors (Lipinski definition) is 4. The van der Waals surface area contributed by atoms with E-state index in [2.05, 4.69) is 10.6 Å². The molecule has 1 rings (SSSR count). The van der Waals surface area contributed by atoms with Gasteiger partial charge in [0, 0.05) is 12.6 Å². The van der Waals surface area contributed by atoms with Crippen LogP contribution < -0.4 is 10.6 Å². The SMILES string of the molecule is CC=O.CNC(COCC1CCCCC1)C(=O)NC(C)C. The summed E-state index contributed by atoms with van der Waals surface area (Å²) >= 11 is 0. The molecule has 0 spiro atoms. The second-order valence-corrected chi connectivity index (χ2v) is 5.78. The molecule has 1 saturated carbocycles. The second-order valence-electron chi connectivity index (χ2n) is 5.78. The molecule has 0 radical (unpaired) electrons. The Bertz CT molecular complexity index is 277. The minimum atomic E-state index is -0.240. The highest BCUT2D eigenvalue weighted by atomic mass is 16.5. The van der Waals surface area contributed by atoms with E-state index in [9.17, 15) is 4.79 Å². The lowest BCUT2D eigenvalue weighted by molar-refractivity contribution is -0.125. The summed E-state index contributed by atoms with van der Waals surface area (Å²) in [5.41, 5.74) is 0. The zero-order valence-corrected chi connectivity index (χ0v) is 14.0. The molecule has 0 heterocycles. The molecule has 0 bridgehead atoms. The molecule has 0 saturated heterocycles. The molecule has 1 unspecified atom stereocenters. The summed E-state index contributed by atoms with van der Waals surface area (Å²) in [7, 11) is 1.80. The predicted octanol–water partition coefficient (Wildman–Crippen LogP) is 1.90. The van der Waals surface area contributed by atoms with Gasteiger partial charge in [0.15, 0.2) is 0 Å². The lowest BCUT2D eigenvalue weighted by Crippen LogP contribution is -2.47. The van der Waals surface area contributed by atoms with E-state index in [1.807, 2.05) is 13.8 Å². The Hall–Kier alpha value is -0.940. The molecule has 1 atom stereocenters. The monoisotopic (exact) mass is 300 g/mol. The van der Waals surface area contributed by atoms with Crippen LogP contribution in [0.15, 0.2) is 0 Å². The van der Waals surface area contributed by atoms with Crippen molar-refractivity contribution in [3.8, 4) is 0 Å². The molecule has 0 aromatic heterocycles. The second kappa shape index (κ2) is 12.8. The van der Waals surface area contributed by atoms with Gasteiger partial charge in [0.2, 0.25) is 5.91 Å². The van der Waals surface area contributed by atoms with Gasteiger partial charge in [-0.05, 0) is 46.6 Å². The number of hydrogen-bond donors (Lipinski definition) is 2. The van der Waals surface area contributed by atoms with Gasteiger partial charge in [0.25, 0.3) is 0 Å². The van der Waals surface area contributed by atoms with Crippen LogP contribution in [0, 0.1) is 5.92 Å². The number of nitrogens with one attached hydrogen (secondary N) is 2. The fourth-order valence-corrected chi connectivity index (χ4v) is 2.38. The number of amides is 1. The molecule has 0 aromatic rings. The summed E-state index contributed by atoms with van der Waals surface area (Å²) < 4.78 is 5.71. The number of aldehydes is 1. The third kappa shape index (κ3) is 10.4. The minimum absolute atomic E-state index is 0.0242. The Morgan fingerprint density at radius 2 is 1.86 bits per heavy atom. The summed E-state index contributed by atoms with van der Waals surface area (Å²) in [6, 6.07) is -0.0670. The quantitative estimate of drug-likeness (QED) is 0.705. The molecule has 1 aliphatic rings. The summed E-state index contributed by atoms with van der Waals surface area (Å²) in [4.78, 5) is 20.6. The van der Waals surface area contributed by atoms with E-state index in [1.165, 1.54) is 39.0 Å². The zero-order valence-electron chi connectivity index (χ0n) is 14.0. The van der Waals surface area contributed by atoms with E-state index in [1.54, 1.807) is 7.05 Å². The molecule has 0 aliphatic heterocycles. The molecule has 124 valence electrons. The van der Waals surface area contributed by atoms with E-state index in [-0.39, 0.29) is 18.0 Å². The largest absolute Gasteiger partial charge is 0.379 e. The summed E-state index contributed by atoms with van der Waals surface area (Å²) in [5.74, 6) is 0.723. The molecule has 5 heteroatoms. The number of ether oxygens (including phenoxy) is 1. The van der Waals surface area contributed by atoms with Gasteiger partial charge in [-0.15, -0.1) is 0 Å². The number of rotatable bonds is 7. The van der Waals surface area contributed by atoms with Crippen LogP contribution in [0.1, 0.15) is 52.9 Å². The maximum Gasteiger partial charge on any atom is 0.239 e. The topological polar surface area (TPSA) is 67.4 Å². The molecule has 0 aromatic carbocycles. The highest BCUT2D eigenvalue weighted by Crippen LogP contribution is 2.23. The van der Waals surface area contributed by atoms with Gasteiger partial charge in [0.05, 0.1) is 6.61 Å². The van der Waals surface area contributed by atoms with Crippen molar-refractivity contribution in [2.24, 2.45) is 5.92 Å². The first-order chi connectivity index (χ1) is 10.0. The standard InChI is InChI=1S/C14H28N2O2.C2H4O/c1-11(2)16-14(17)13(15-3)10-18-9-12-7-5-4-6-8-12;1-2-3/h11-13,15H,4-10H2,1-3H3,(H,16,17);2H,1H3. The molecular weight excluding hydrogens is 268 g/mol. The fourth-order valence-electron chi connectivity index (χ4n) is 2.38. The summed E-state index contributed by atoms with van der Waals surface area (Å²) in [6.07, 6.45) is 7.34. The van der Waals surface area contributed by atoms with Crippen LogP contribution in [0.4, 0.5) is 0 Å². The number of likely N-dealkylation sites (N-methyl/N-ethyl adjacent to an activating group) is 1. The van der Waals surface area contributed by atoms with Crippen LogP contribution in [0.5, 0.6) is 0 Å². The Labute approximate surface area is 129 Å². The van der Waals surface area contributed by atoms with Gasteiger partial charge in [-0.3, -0.25) is 4.79 Å². The van der Waals surface area contributed by atoms with Gasteiger partial charge in [-0.2, -0.15) is 0 Å². The average molecular weight is 300 g/mol. The van der Waals surface area contributed by atoms with Gasteiger partial charge in [-0.25, -0.2) is 0 Å². The summed E-state index contributed by atoms with van der Waals surface area (Å²) in [6.45, 7) is 6.64. The third-order valence-electron chi connectivity index (χ3n) is 3.46. The smallest absolute Gasteiger partial charge is 0.239 e. The van der Waals surface area contributed by atoms with Gasteiger partial charge in [-0.1, -0.05) is 19.3 Å². The van der Waals surface area contributed by atoms with Crippen molar-refractivity contribution in [1.29, 1.82) is 0 Å². The van der Waals surface area contributed by atoms with Crippen molar-refractivity contribution in [2.75, 3.05) is 20.3 Å². The van der Waals surface area contributed by atoms with E-state index in [0.29, 0.717) is 12.5 Å². The molecule has 21 heavy (non-hydrogen) atoms. The lowest BCUT2D eigenvalue weighted by atomic mass is 9.90. The first kappa shape index (κ1) is 20.1. The molecule has 2 N–H and O–H groups in total. The molecule has 5 nitrogen and oxygen atoms in total. The lowest BCUT2D eigenvalue weighted by Gasteiger charge is -2.23. The molecule has 1 fully saturated rings. The van der Waals surface area contributed by atoms with Crippen LogP contribution in [0.2, 0.25) is 0 Å². The van der Waals surface area contributed by atoms with Crippen LogP contribution in [0.25, 0.3) is 0 Å². The Kier molecular flexibility index (Phi) is 12.2. The average Bonchev–Trinajstić information content (AvgIpc) is 2.44. The van der Waals surface area contributed by atoms with Gasteiger partial charge in [0.1, 0.15) is 12.3 Å². The van der Waals surface area contributed by atoms with Crippen molar-refractivity contribution < 1.29 is 14.3 Å². The fraction of sp³-hybridized carbons (Fsp3) is 0.875. The zero-order chi connectivity index (χ0) is 16.1. The van der Waals surface area contributed by atoms with Crippen molar-refractivity contribution in [2.45, 2.75) is 65.0 Å². The molecule has 1 aliphatic carbocycles. The maximum absolute atomic E-state index is 11.8. The highest BCUT2D eigenvalue weighted by Gasteiger charge is 2.19. The normalized spacial score (nSPS) is 16.8. The Morgan fingerprint density at radius 1 is 1.29 bits per heavy atom. The Morgan fingerprint density at radius 3 is 2.33 bits per heavy atom. The maximum atomic E-state index is 11.8. The van der Waals surface area contributed by atoms with Gasteiger partial charge >= 0.3 is 0 Å². The van der Waals surface area contributed by atoms with Crippen LogP contribution in [-0.4, -0.2) is 44.5 Å². The van der Waals surface area contributed by atoms with E-state index < -0.39 is 0 Å². The third-order valence-corrected chi connectivity index (χ3v) is 3.46. The Balaban J connectivity index is 0.00000122. The van der Waals surface area contributed by atoms with E-state index in [4.69, 9.17) is 9.53 Å². The predicted molar refractivity (Wildman–Crippen MR) is 85.3 cm³/mol. The highest BCUT2D eigenvalue weighted by molar-refractivity contribution is 5.82. The van der Waals surface area contributed by atoms with Crippen molar-refractivity contribution in [1.82, 2.24) is 10.6 Å². The summed E-state index contributed by atoms with van der Waals surface area (Å²) in [5, 5.41) is 5.91. The first-order valence-electron chi connectivity index (χ1n) is 8.00. The number of carbonyl (C=O) groups is 2. The number of carbonyl (C=O) groups excluding carboxylic acids is 2. The van der Waals surface area contributed by atoms with E-state index >= 15 is 0 Å². The molecule has 1 amide bonds. The first-order valence-corrected chi connectivity index (χ1v) is 8.00. The van der Waals surface area contributed by atoms with Crippen LogP contribution in [-0.2, 0) is 14.3 Å². The van der Waals surface area contributed by atoms with Crippen LogP contribution in [0.3, 0.4) is 0 Å². The van der Waals surface area contributed by atoms with Crippen molar-refractivity contribution in [3.63, 3.8) is 0 Å².